The molecule has 0 amide bonds. The van der Waals surface area contributed by atoms with Crippen LogP contribution in [0.4, 0.5) is 0 Å². The SMILES string of the molecule is COC1(c2nc(C)c(CC(C)CN)c(C)n2)CCOCC1. The minimum Gasteiger partial charge on any atom is -0.381 e. The van der Waals surface area contributed by atoms with Crippen molar-refractivity contribution in [3.8, 4) is 0 Å². The summed E-state index contributed by atoms with van der Waals surface area (Å²) in [6, 6.07) is 0. The molecule has 1 aliphatic rings. The van der Waals surface area contributed by atoms with Crippen molar-refractivity contribution in [1.82, 2.24) is 9.97 Å². The quantitative estimate of drug-likeness (QED) is 0.897. The van der Waals surface area contributed by atoms with Gasteiger partial charge in [-0.2, -0.15) is 0 Å². The number of aromatic nitrogens is 2. The fraction of sp³-hybridized carbons (Fsp3) is 0.750. The zero-order valence-electron chi connectivity index (χ0n) is 13.6. The summed E-state index contributed by atoms with van der Waals surface area (Å²) in [4.78, 5) is 9.51. The van der Waals surface area contributed by atoms with Crippen molar-refractivity contribution in [3.05, 3.63) is 22.8 Å². The molecule has 1 fully saturated rings. The largest absolute Gasteiger partial charge is 0.381 e. The third kappa shape index (κ3) is 3.42. The summed E-state index contributed by atoms with van der Waals surface area (Å²) < 4.78 is 11.2. The van der Waals surface area contributed by atoms with Crippen LogP contribution in [0, 0.1) is 19.8 Å². The third-order valence-electron chi connectivity index (χ3n) is 4.47. The molecule has 2 heterocycles. The first kappa shape index (κ1) is 16.3. The molecular formula is C16H27N3O2. The standard InChI is InChI=1S/C16H27N3O2/c1-11(10-17)9-14-12(2)18-15(19-13(14)3)16(20-4)5-7-21-8-6-16/h11H,5-10,17H2,1-4H3. The highest BCUT2D eigenvalue weighted by Crippen LogP contribution is 2.34. The van der Waals surface area contributed by atoms with Gasteiger partial charge in [0.1, 0.15) is 5.60 Å². The lowest BCUT2D eigenvalue weighted by Crippen LogP contribution is -2.38. The molecule has 1 unspecified atom stereocenters. The van der Waals surface area contributed by atoms with Gasteiger partial charge in [0, 0.05) is 44.6 Å². The van der Waals surface area contributed by atoms with Gasteiger partial charge in [-0.05, 0) is 38.3 Å². The predicted molar refractivity (Wildman–Crippen MR) is 82.2 cm³/mol. The van der Waals surface area contributed by atoms with E-state index in [1.807, 2.05) is 0 Å². The second-order valence-electron chi connectivity index (χ2n) is 6.05. The highest BCUT2D eigenvalue weighted by Gasteiger charge is 2.38. The van der Waals surface area contributed by atoms with E-state index in [1.54, 1.807) is 7.11 Å². The molecule has 0 radical (unpaired) electrons. The Hall–Kier alpha value is -1.04. The summed E-state index contributed by atoms with van der Waals surface area (Å²) in [5.74, 6) is 1.24. The first-order valence-electron chi connectivity index (χ1n) is 7.70. The minimum absolute atomic E-state index is 0.397. The van der Waals surface area contributed by atoms with Gasteiger partial charge in [-0.3, -0.25) is 0 Å². The van der Waals surface area contributed by atoms with Gasteiger partial charge >= 0.3 is 0 Å². The molecule has 0 spiro atoms. The number of nitrogens with zero attached hydrogens (tertiary/aromatic N) is 2. The molecule has 0 saturated carbocycles. The summed E-state index contributed by atoms with van der Waals surface area (Å²) in [5.41, 5.74) is 8.64. The zero-order valence-corrected chi connectivity index (χ0v) is 13.6. The average Bonchev–Trinajstić information content (AvgIpc) is 2.51. The maximum Gasteiger partial charge on any atom is 0.160 e. The van der Waals surface area contributed by atoms with Gasteiger partial charge in [0.25, 0.3) is 0 Å². The maximum atomic E-state index is 5.79. The Kier molecular flexibility index (Phi) is 5.30. The van der Waals surface area contributed by atoms with Crippen LogP contribution in [-0.4, -0.2) is 36.8 Å². The first-order chi connectivity index (χ1) is 10.0. The Bertz CT molecular complexity index is 461. The number of aryl methyl sites for hydroxylation is 2. The topological polar surface area (TPSA) is 70.3 Å². The van der Waals surface area contributed by atoms with Crippen molar-refractivity contribution in [2.45, 2.75) is 45.6 Å². The van der Waals surface area contributed by atoms with Crippen LogP contribution < -0.4 is 5.73 Å². The molecule has 5 heteroatoms. The Morgan fingerprint density at radius 1 is 1.24 bits per heavy atom. The van der Waals surface area contributed by atoms with Gasteiger partial charge in [0.05, 0.1) is 0 Å². The van der Waals surface area contributed by atoms with Gasteiger partial charge in [0.15, 0.2) is 5.82 Å². The van der Waals surface area contributed by atoms with Crippen LogP contribution in [0.2, 0.25) is 0 Å². The number of hydrogen-bond acceptors (Lipinski definition) is 5. The lowest BCUT2D eigenvalue weighted by Gasteiger charge is -2.35. The van der Waals surface area contributed by atoms with Crippen molar-refractivity contribution in [3.63, 3.8) is 0 Å². The van der Waals surface area contributed by atoms with E-state index in [9.17, 15) is 0 Å². The Balaban J connectivity index is 2.34. The number of rotatable bonds is 5. The average molecular weight is 293 g/mol. The van der Waals surface area contributed by atoms with Crippen LogP contribution in [-0.2, 0) is 21.5 Å². The summed E-state index contributed by atoms with van der Waals surface area (Å²) in [5, 5.41) is 0. The number of hydrogen-bond donors (Lipinski definition) is 1. The molecule has 2 rings (SSSR count). The van der Waals surface area contributed by atoms with E-state index in [-0.39, 0.29) is 0 Å². The zero-order chi connectivity index (χ0) is 15.5. The van der Waals surface area contributed by atoms with E-state index >= 15 is 0 Å². The van der Waals surface area contributed by atoms with Crippen LogP contribution in [0.25, 0.3) is 0 Å². The maximum absolute atomic E-state index is 5.79. The van der Waals surface area contributed by atoms with Crippen LogP contribution in [0.5, 0.6) is 0 Å². The number of nitrogens with two attached hydrogens (primary N) is 1. The molecule has 0 aliphatic carbocycles. The summed E-state index contributed by atoms with van der Waals surface area (Å²) in [6.07, 6.45) is 2.54. The molecule has 118 valence electrons. The lowest BCUT2D eigenvalue weighted by atomic mass is 9.92. The molecule has 0 bridgehead atoms. The Morgan fingerprint density at radius 3 is 2.29 bits per heavy atom. The third-order valence-corrected chi connectivity index (χ3v) is 4.47. The van der Waals surface area contributed by atoms with E-state index in [1.165, 1.54) is 5.56 Å². The van der Waals surface area contributed by atoms with Crippen LogP contribution >= 0.6 is 0 Å². The predicted octanol–water partition coefficient (Wildman–Crippen LogP) is 1.88. The molecule has 1 aromatic rings. The van der Waals surface area contributed by atoms with Gasteiger partial charge in [-0.1, -0.05) is 6.92 Å². The van der Waals surface area contributed by atoms with Crippen molar-refractivity contribution < 1.29 is 9.47 Å². The van der Waals surface area contributed by atoms with Crippen LogP contribution in [0.15, 0.2) is 0 Å². The van der Waals surface area contributed by atoms with Crippen LogP contribution in [0.3, 0.4) is 0 Å². The highest BCUT2D eigenvalue weighted by atomic mass is 16.5. The van der Waals surface area contributed by atoms with E-state index in [2.05, 4.69) is 20.8 Å². The molecule has 1 aromatic heterocycles. The van der Waals surface area contributed by atoms with Crippen molar-refractivity contribution in [1.29, 1.82) is 0 Å². The Morgan fingerprint density at radius 2 is 1.81 bits per heavy atom. The molecular weight excluding hydrogens is 266 g/mol. The van der Waals surface area contributed by atoms with Crippen molar-refractivity contribution >= 4 is 0 Å². The molecule has 0 aromatic carbocycles. The fourth-order valence-electron chi connectivity index (χ4n) is 2.89. The van der Waals surface area contributed by atoms with Gasteiger partial charge in [-0.15, -0.1) is 0 Å². The second kappa shape index (κ2) is 6.81. The van der Waals surface area contributed by atoms with E-state index in [0.717, 1.165) is 36.5 Å². The van der Waals surface area contributed by atoms with E-state index in [4.69, 9.17) is 25.2 Å². The molecule has 5 nitrogen and oxygen atoms in total. The molecule has 2 N–H and O–H groups in total. The second-order valence-corrected chi connectivity index (χ2v) is 6.05. The fourth-order valence-corrected chi connectivity index (χ4v) is 2.89. The normalized spacial score (nSPS) is 19.5. The first-order valence-corrected chi connectivity index (χ1v) is 7.70. The number of methoxy groups -OCH3 is 1. The van der Waals surface area contributed by atoms with Gasteiger partial charge in [-0.25, -0.2) is 9.97 Å². The molecule has 21 heavy (non-hydrogen) atoms. The van der Waals surface area contributed by atoms with Gasteiger partial charge < -0.3 is 15.2 Å². The molecule has 1 saturated heterocycles. The lowest BCUT2D eigenvalue weighted by molar-refractivity contribution is -0.100. The smallest absolute Gasteiger partial charge is 0.160 e. The van der Waals surface area contributed by atoms with Crippen molar-refractivity contribution in [2.24, 2.45) is 11.7 Å². The van der Waals surface area contributed by atoms with Gasteiger partial charge in [0.2, 0.25) is 0 Å². The number of ether oxygens (including phenoxy) is 2. The van der Waals surface area contributed by atoms with E-state index in [0.29, 0.717) is 25.7 Å². The highest BCUT2D eigenvalue weighted by molar-refractivity contribution is 5.26. The Labute approximate surface area is 127 Å². The van der Waals surface area contributed by atoms with Crippen molar-refractivity contribution in [2.75, 3.05) is 26.9 Å². The summed E-state index contributed by atoms with van der Waals surface area (Å²) in [7, 11) is 1.74. The summed E-state index contributed by atoms with van der Waals surface area (Å²) in [6.45, 7) is 8.34. The van der Waals surface area contributed by atoms with Crippen LogP contribution in [0.1, 0.15) is 42.5 Å². The molecule has 1 atom stereocenters. The summed E-state index contributed by atoms with van der Waals surface area (Å²) >= 11 is 0. The molecule has 1 aliphatic heterocycles. The monoisotopic (exact) mass is 293 g/mol. The van der Waals surface area contributed by atoms with E-state index < -0.39 is 5.60 Å². The minimum atomic E-state index is -0.397.